The first kappa shape index (κ1) is 9.24. The molecule has 0 aliphatic carbocycles. The SMILES string of the molecule is OC1(Cc2cc(Br)co2)CCNC1. The van der Waals surface area contributed by atoms with E-state index in [0.717, 1.165) is 23.2 Å². The van der Waals surface area contributed by atoms with E-state index in [1.165, 1.54) is 0 Å². The molecule has 0 aromatic carbocycles. The van der Waals surface area contributed by atoms with Crippen molar-refractivity contribution in [3.05, 3.63) is 22.6 Å². The van der Waals surface area contributed by atoms with Crippen molar-refractivity contribution >= 4 is 15.9 Å². The minimum atomic E-state index is -0.614. The van der Waals surface area contributed by atoms with Crippen LogP contribution in [0.1, 0.15) is 12.2 Å². The van der Waals surface area contributed by atoms with E-state index >= 15 is 0 Å². The van der Waals surface area contributed by atoms with Crippen LogP contribution in [-0.4, -0.2) is 23.8 Å². The molecule has 1 fully saturated rings. The van der Waals surface area contributed by atoms with E-state index in [0.29, 0.717) is 13.0 Å². The first-order valence-electron chi connectivity index (χ1n) is 4.34. The molecule has 1 aliphatic rings. The zero-order valence-electron chi connectivity index (χ0n) is 7.22. The standard InChI is InChI=1S/C9H12BrNO2/c10-7-3-8(13-5-7)4-9(12)1-2-11-6-9/h3,5,11-12H,1-2,4,6H2. The molecule has 0 radical (unpaired) electrons. The molecule has 13 heavy (non-hydrogen) atoms. The third-order valence-electron chi connectivity index (χ3n) is 2.35. The van der Waals surface area contributed by atoms with Gasteiger partial charge in [-0.3, -0.25) is 0 Å². The number of β-amino-alcohol motifs (C(OH)–C–C–N with tert-alkyl or cyclic N) is 1. The van der Waals surface area contributed by atoms with Crippen LogP contribution in [0.5, 0.6) is 0 Å². The molecular weight excluding hydrogens is 234 g/mol. The molecule has 1 unspecified atom stereocenters. The fraction of sp³-hybridized carbons (Fsp3) is 0.556. The summed E-state index contributed by atoms with van der Waals surface area (Å²) in [7, 11) is 0. The number of hydrogen-bond acceptors (Lipinski definition) is 3. The zero-order chi connectivity index (χ0) is 9.31. The van der Waals surface area contributed by atoms with Gasteiger partial charge in [0.15, 0.2) is 0 Å². The van der Waals surface area contributed by atoms with Crippen LogP contribution in [0.3, 0.4) is 0 Å². The van der Waals surface area contributed by atoms with Crippen molar-refractivity contribution in [2.24, 2.45) is 0 Å². The molecule has 2 rings (SSSR count). The van der Waals surface area contributed by atoms with E-state index in [4.69, 9.17) is 4.42 Å². The molecule has 72 valence electrons. The maximum Gasteiger partial charge on any atom is 0.107 e. The number of hydrogen-bond donors (Lipinski definition) is 2. The van der Waals surface area contributed by atoms with Crippen LogP contribution in [0, 0.1) is 0 Å². The van der Waals surface area contributed by atoms with Crippen LogP contribution in [0.4, 0.5) is 0 Å². The number of furan rings is 1. The van der Waals surface area contributed by atoms with Crippen LogP contribution >= 0.6 is 15.9 Å². The van der Waals surface area contributed by atoms with Gasteiger partial charge in [-0.1, -0.05) is 0 Å². The third-order valence-corrected chi connectivity index (χ3v) is 2.76. The van der Waals surface area contributed by atoms with Crippen LogP contribution < -0.4 is 5.32 Å². The Labute approximate surface area is 85.3 Å². The lowest BCUT2D eigenvalue weighted by atomic mass is 9.98. The van der Waals surface area contributed by atoms with Crippen LogP contribution in [0.2, 0.25) is 0 Å². The second-order valence-corrected chi connectivity index (χ2v) is 4.47. The molecule has 1 aromatic rings. The summed E-state index contributed by atoms with van der Waals surface area (Å²) in [6, 6.07) is 1.90. The van der Waals surface area contributed by atoms with Gasteiger partial charge in [-0.15, -0.1) is 0 Å². The zero-order valence-corrected chi connectivity index (χ0v) is 8.80. The lowest BCUT2D eigenvalue weighted by molar-refractivity contribution is 0.0565. The minimum absolute atomic E-state index is 0.589. The van der Waals surface area contributed by atoms with Crippen molar-refractivity contribution in [3.63, 3.8) is 0 Å². The van der Waals surface area contributed by atoms with Gasteiger partial charge in [0.1, 0.15) is 12.0 Å². The molecule has 2 heterocycles. The second-order valence-electron chi connectivity index (χ2n) is 3.56. The molecule has 0 bridgehead atoms. The van der Waals surface area contributed by atoms with Crippen molar-refractivity contribution < 1.29 is 9.52 Å². The second kappa shape index (κ2) is 3.44. The highest BCUT2D eigenvalue weighted by Crippen LogP contribution is 2.23. The highest BCUT2D eigenvalue weighted by molar-refractivity contribution is 9.10. The minimum Gasteiger partial charge on any atom is -0.468 e. The number of halogens is 1. The Balaban J connectivity index is 2.04. The van der Waals surface area contributed by atoms with Crippen molar-refractivity contribution in [2.75, 3.05) is 13.1 Å². The summed E-state index contributed by atoms with van der Waals surface area (Å²) >= 11 is 3.31. The summed E-state index contributed by atoms with van der Waals surface area (Å²) in [5.41, 5.74) is -0.614. The van der Waals surface area contributed by atoms with E-state index in [2.05, 4.69) is 21.2 Å². The summed E-state index contributed by atoms with van der Waals surface area (Å²) in [6.45, 7) is 1.55. The van der Waals surface area contributed by atoms with Gasteiger partial charge in [-0.25, -0.2) is 0 Å². The van der Waals surface area contributed by atoms with Gasteiger partial charge in [0.25, 0.3) is 0 Å². The highest BCUT2D eigenvalue weighted by Gasteiger charge is 2.32. The topological polar surface area (TPSA) is 45.4 Å². The lowest BCUT2D eigenvalue weighted by Crippen LogP contribution is -2.33. The molecular formula is C9H12BrNO2. The maximum atomic E-state index is 10.0. The van der Waals surface area contributed by atoms with Gasteiger partial charge >= 0.3 is 0 Å². The molecule has 1 aliphatic heterocycles. The monoisotopic (exact) mass is 245 g/mol. The third kappa shape index (κ3) is 2.13. The lowest BCUT2D eigenvalue weighted by Gasteiger charge is -2.19. The van der Waals surface area contributed by atoms with E-state index in [1.807, 2.05) is 6.07 Å². The van der Waals surface area contributed by atoms with Gasteiger partial charge in [0, 0.05) is 13.0 Å². The Morgan fingerprint density at radius 3 is 3.08 bits per heavy atom. The Bertz CT molecular complexity index is 292. The van der Waals surface area contributed by atoms with Crippen molar-refractivity contribution in [3.8, 4) is 0 Å². The summed E-state index contributed by atoms with van der Waals surface area (Å²) in [5, 5.41) is 13.2. The van der Waals surface area contributed by atoms with Crippen LogP contribution in [-0.2, 0) is 6.42 Å². The average Bonchev–Trinajstić information content (AvgIpc) is 2.62. The molecule has 3 nitrogen and oxygen atoms in total. The quantitative estimate of drug-likeness (QED) is 0.826. The number of nitrogens with one attached hydrogen (secondary N) is 1. The Morgan fingerprint density at radius 1 is 1.69 bits per heavy atom. The predicted octanol–water partition coefficient (Wildman–Crippen LogP) is 1.31. The van der Waals surface area contributed by atoms with E-state index < -0.39 is 5.60 Å². The molecule has 1 atom stereocenters. The Hall–Kier alpha value is -0.320. The first-order valence-corrected chi connectivity index (χ1v) is 5.13. The molecule has 0 spiro atoms. The highest BCUT2D eigenvalue weighted by atomic mass is 79.9. The van der Waals surface area contributed by atoms with Gasteiger partial charge < -0.3 is 14.8 Å². The predicted molar refractivity (Wildman–Crippen MR) is 52.5 cm³/mol. The van der Waals surface area contributed by atoms with E-state index in [1.54, 1.807) is 6.26 Å². The largest absolute Gasteiger partial charge is 0.468 e. The summed E-state index contributed by atoms with van der Waals surface area (Å²) < 4.78 is 6.18. The smallest absolute Gasteiger partial charge is 0.107 e. The van der Waals surface area contributed by atoms with Gasteiger partial charge in [-0.2, -0.15) is 0 Å². The fourth-order valence-electron chi connectivity index (χ4n) is 1.65. The number of rotatable bonds is 2. The van der Waals surface area contributed by atoms with Crippen molar-refractivity contribution in [1.82, 2.24) is 5.32 Å². The summed E-state index contributed by atoms with van der Waals surface area (Å²) in [5.74, 6) is 0.832. The van der Waals surface area contributed by atoms with Gasteiger partial charge in [0.05, 0.1) is 10.1 Å². The van der Waals surface area contributed by atoms with Gasteiger partial charge in [0.2, 0.25) is 0 Å². The average molecular weight is 246 g/mol. The molecule has 0 amide bonds. The Kier molecular flexibility index (Phi) is 2.45. The maximum absolute atomic E-state index is 10.0. The number of aliphatic hydroxyl groups is 1. The molecule has 4 heteroatoms. The van der Waals surface area contributed by atoms with Crippen molar-refractivity contribution in [2.45, 2.75) is 18.4 Å². The molecule has 1 aromatic heterocycles. The normalized spacial score (nSPS) is 28.2. The van der Waals surface area contributed by atoms with Crippen molar-refractivity contribution in [1.29, 1.82) is 0 Å². The fourth-order valence-corrected chi connectivity index (χ4v) is 2.00. The van der Waals surface area contributed by atoms with Gasteiger partial charge in [-0.05, 0) is 35.0 Å². The van der Waals surface area contributed by atoms with Crippen LogP contribution in [0.15, 0.2) is 21.2 Å². The molecule has 2 N–H and O–H groups in total. The van der Waals surface area contributed by atoms with E-state index in [-0.39, 0.29) is 0 Å². The van der Waals surface area contributed by atoms with E-state index in [9.17, 15) is 5.11 Å². The Morgan fingerprint density at radius 2 is 2.54 bits per heavy atom. The summed E-state index contributed by atoms with van der Waals surface area (Å²) in [6.07, 6.45) is 3.03. The van der Waals surface area contributed by atoms with Crippen LogP contribution in [0.25, 0.3) is 0 Å². The molecule has 0 saturated carbocycles. The summed E-state index contributed by atoms with van der Waals surface area (Å²) in [4.78, 5) is 0. The molecule has 1 saturated heterocycles. The first-order chi connectivity index (χ1) is 6.18.